The van der Waals surface area contributed by atoms with Crippen LogP contribution in [0.15, 0.2) is 0 Å². The first kappa shape index (κ1) is 13.1. The van der Waals surface area contributed by atoms with Crippen LogP contribution in [0.25, 0.3) is 0 Å². The SMILES string of the molecule is O=C(O)C1CCCN1CCC12CC3CC(CC(C3)C1)C2. The maximum atomic E-state index is 11.3. The van der Waals surface area contributed by atoms with Crippen molar-refractivity contribution in [1.82, 2.24) is 4.90 Å². The van der Waals surface area contributed by atoms with Crippen LogP contribution in [0.3, 0.4) is 0 Å². The summed E-state index contributed by atoms with van der Waals surface area (Å²) in [5.41, 5.74) is 0.598. The molecule has 1 atom stereocenters. The number of aliphatic carboxylic acids is 1. The summed E-state index contributed by atoms with van der Waals surface area (Å²) in [5, 5.41) is 9.30. The average molecular weight is 277 g/mol. The van der Waals surface area contributed by atoms with Crippen molar-refractivity contribution in [3.8, 4) is 0 Å². The fourth-order valence-electron chi connectivity index (χ4n) is 6.35. The van der Waals surface area contributed by atoms with Gasteiger partial charge in [-0.3, -0.25) is 9.69 Å². The van der Waals surface area contributed by atoms with E-state index in [-0.39, 0.29) is 6.04 Å². The minimum absolute atomic E-state index is 0.191. The highest BCUT2D eigenvalue weighted by Gasteiger charge is 2.50. The standard InChI is InChI=1S/C17H27NO2/c19-16(20)15-2-1-4-18(15)5-3-17-9-12-6-13(10-17)8-14(7-12)11-17/h12-15H,1-11H2,(H,19,20). The zero-order valence-corrected chi connectivity index (χ0v) is 12.4. The monoisotopic (exact) mass is 277 g/mol. The molecule has 1 heterocycles. The second kappa shape index (κ2) is 4.72. The molecular formula is C17H27NO2. The molecule has 1 saturated heterocycles. The molecule has 4 saturated carbocycles. The third-order valence-electron chi connectivity index (χ3n) is 6.74. The van der Waals surface area contributed by atoms with Crippen molar-refractivity contribution >= 4 is 5.97 Å². The van der Waals surface area contributed by atoms with Crippen molar-refractivity contribution in [2.45, 2.75) is 63.8 Å². The molecule has 4 bridgehead atoms. The van der Waals surface area contributed by atoms with E-state index in [2.05, 4.69) is 4.90 Å². The van der Waals surface area contributed by atoms with Crippen LogP contribution in [0, 0.1) is 23.2 Å². The molecule has 1 N–H and O–H groups in total. The van der Waals surface area contributed by atoms with Crippen molar-refractivity contribution in [3.05, 3.63) is 0 Å². The summed E-state index contributed by atoms with van der Waals surface area (Å²) >= 11 is 0. The molecule has 5 fully saturated rings. The van der Waals surface area contributed by atoms with Crippen LogP contribution in [-0.2, 0) is 4.79 Å². The van der Waals surface area contributed by atoms with Crippen LogP contribution in [0.5, 0.6) is 0 Å². The zero-order chi connectivity index (χ0) is 13.7. The Morgan fingerprint density at radius 3 is 2.25 bits per heavy atom. The summed E-state index contributed by atoms with van der Waals surface area (Å²) < 4.78 is 0. The van der Waals surface area contributed by atoms with E-state index in [0.29, 0.717) is 5.41 Å². The lowest BCUT2D eigenvalue weighted by Gasteiger charge is -2.57. The number of nitrogens with zero attached hydrogens (tertiary/aromatic N) is 1. The Kier molecular flexibility index (Phi) is 3.10. The molecule has 0 amide bonds. The number of hydrogen-bond acceptors (Lipinski definition) is 2. The normalized spacial score (nSPS) is 47.0. The summed E-state index contributed by atoms with van der Waals surface area (Å²) in [6, 6.07) is -0.191. The van der Waals surface area contributed by atoms with E-state index in [1.165, 1.54) is 44.9 Å². The van der Waals surface area contributed by atoms with E-state index in [4.69, 9.17) is 0 Å². The van der Waals surface area contributed by atoms with E-state index in [1.807, 2.05) is 0 Å². The molecule has 0 radical (unpaired) electrons. The fraction of sp³-hybridized carbons (Fsp3) is 0.941. The van der Waals surface area contributed by atoms with E-state index < -0.39 is 5.97 Å². The van der Waals surface area contributed by atoms with Gasteiger partial charge >= 0.3 is 5.97 Å². The molecule has 112 valence electrons. The van der Waals surface area contributed by atoms with Crippen LogP contribution >= 0.6 is 0 Å². The van der Waals surface area contributed by atoms with Gasteiger partial charge in [-0.1, -0.05) is 0 Å². The Hall–Kier alpha value is -0.570. The maximum absolute atomic E-state index is 11.3. The number of rotatable bonds is 4. The van der Waals surface area contributed by atoms with Crippen molar-refractivity contribution < 1.29 is 9.90 Å². The predicted octanol–water partition coefficient (Wildman–Crippen LogP) is 3.14. The van der Waals surface area contributed by atoms with E-state index in [0.717, 1.165) is 43.7 Å². The van der Waals surface area contributed by atoms with E-state index >= 15 is 0 Å². The van der Waals surface area contributed by atoms with Gasteiger partial charge in [0.25, 0.3) is 0 Å². The largest absolute Gasteiger partial charge is 0.480 e. The Balaban J connectivity index is 1.41. The van der Waals surface area contributed by atoms with Crippen LogP contribution in [0.2, 0.25) is 0 Å². The second-order valence-corrected chi connectivity index (χ2v) is 8.20. The van der Waals surface area contributed by atoms with Crippen molar-refractivity contribution in [2.24, 2.45) is 23.2 Å². The number of hydrogen-bond donors (Lipinski definition) is 1. The molecular weight excluding hydrogens is 250 g/mol. The highest BCUT2D eigenvalue weighted by Crippen LogP contribution is 2.61. The van der Waals surface area contributed by atoms with Gasteiger partial charge in [0.2, 0.25) is 0 Å². The predicted molar refractivity (Wildman–Crippen MR) is 77.5 cm³/mol. The smallest absolute Gasteiger partial charge is 0.320 e. The molecule has 0 aromatic heterocycles. The van der Waals surface area contributed by atoms with Crippen LogP contribution in [-0.4, -0.2) is 35.1 Å². The zero-order valence-electron chi connectivity index (χ0n) is 12.4. The molecule has 0 aromatic rings. The lowest BCUT2D eigenvalue weighted by Crippen LogP contribution is -2.48. The first-order valence-corrected chi connectivity index (χ1v) is 8.60. The summed E-state index contributed by atoms with van der Waals surface area (Å²) in [6.45, 7) is 2.03. The second-order valence-electron chi connectivity index (χ2n) is 8.20. The number of likely N-dealkylation sites (tertiary alicyclic amines) is 1. The lowest BCUT2D eigenvalue weighted by molar-refractivity contribution is -0.142. The van der Waals surface area contributed by atoms with Gasteiger partial charge in [-0.25, -0.2) is 0 Å². The minimum Gasteiger partial charge on any atom is -0.480 e. The molecule has 5 aliphatic rings. The van der Waals surface area contributed by atoms with Gasteiger partial charge in [-0.05, 0) is 94.0 Å². The molecule has 3 heteroatoms. The molecule has 3 nitrogen and oxygen atoms in total. The topological polar surface area (TPSA) is 40.5 Å². The Labute approximate surface area is 121 Å². The van der Waals surface area contributed by atoms with Crippen molar-refractivity contribution in [1.29, 1.82) is 0 Å². The molecule has 1 aliphatic heterocycles. The third kappa shape index (κ3) is 2.18. The number of carboxylic acids is 1. The molecule has 0 aromatic carbocycles. The van der Waals surface area contributed by atoms with E-state index in [9.17, 15) is 9.90 Å². The van der Waals surface area contributed by atoms with Gasteiger partial charge in [-0.15, -0.1) is 0 Å². The minimum atomic E-state index is -0.604. The van der Waals surface area contributed by atoms with Gasteiger partial charge in [-0.2, -0.15) is 0 Å². The summed E-state index contributed by atoms with van der Waals surface area (Å²) in [5.74, 6) is 2.42. The first-order chi connectivity index (χ1) is 9.63. The lowest BCUT2D eigenvalue weighted by atomic mass is 9.49. The van der Waals surface area contributed by atoms with Gasteiger partial charge < -0.3 is 5.11 Å². The Morgan fingerprint density at radius 2 is 1.70 bits per heavy atom. The summed E-state index contributed by atoms with van der Waals surface area (Å²) in [6.07, 6.45) is 12.0. The molecule has 0 spiro atoms. The quantitative estimate of drug-likeness (QED) is 0.858. The van der Waals surface area contributed by atoms with Crippen molar-refractivity contribution in [2.75, 3.05) is 13.1 Å². The van der Waals surface area contributed by atoms with Crippen molar-refractivity contribution in [3.63, 3.8) is 0 Å². The summed E-state index contributed by atoms with van der Waals surface area (Å²) in [7, 11) is 0. The molecule has 4 aliphatic carbocycles. The van der Waals surface area contributed by atoms with Crippen LogP contribution in [0.4, 0.5) is 0 Å². The fourth-order valence-corrected chi connectivity index (χ4v) is 6.35. The van der Waals surface area contributed by atoms with Gasteiger partial charge in [0, 0.05) is 0 Å². The van der Waals surface area contributed by atoms with E-state index in [1.54, 1.807) is 0 Å². The number of carbonyl (C=O) groups is 1. The first-order valence-electron chi connectivity index (χ1n) is 8.60. The van der Waals surface area contributed by atoms with Gasteiger partial charge in [0.15, 0.2) is 0 Å². The highest BCUT2D eigenvalue weighted by atomic mass is 16.4. The highest BCUT2D eigenvalue weighted by molar-refractivity contribution is 5.73. The van der Waals surface area contributed by atoms with Crippen LogP contribution in [0.1, 0.15) is 57.8 Å². The Bertz CT molecular complexity index is 371. The number of carboxylic acid groups (broad SMARTS) is 1. The molecule has 20 heavy (non-hydrogen) atoms. The average Bonchev–Trinajstić information content (AvgIpc) is 2.83. The third-order valence-corrected chi connectivity index (χ3v) is 6.74. The Morgan fingerprint density at radius 1 is 1.10 bits per heavy atom. The summed E-state index contributed by atoms with van der Waals surface area (Å²) in [4.78, 5) is 13.5. The van der Waals surface area contributed by atoms with Crippen LogP contribution < -0.4 is 0 Å². The maximum Gasteiger partial charge on any atom is 0.320 e. The van der Waals surface area contributed by atoms with Gasteiger partial charge in [0.1, 0.15) is 6.04 Å². The van der Waals surface area contributed by atoms with Gasteiger partial charge in [0.05, 0.1) is 0 Å². The molecule has 1 unspecified atom stereocenters. The molecule has 5 rings (SSSR count).